The highest BCUT2D eigenvalue weighted by molar-refractivity contribution is 5.89. The Labute approximate surface area is 233 Å². The van der Waals surface area contributed by atoms with E-state index in [1.54, 1.807) is 6.07 Å². The molecule has 3 aliphatic rings. The highest BCUT2D eigenvalue weighted by Crippen LogP contribution is 2.29. The zero-order valence-corrected chi connectivity index (χ0v) is 22.8. The third-order valence-corrected chi connectivity index (χ3v) is 7.71. The SMILES string of the molecule is CC(C)c1ccc([C@@H](NC(=O)[C@@H]2C[C@@H](F)CN2C(=O)CC2=C(N3CCNCC3)NNN2)c2ccccc2)cc1F. The lowest BCUT2D eigenvalue weighted by Gasteiger charge is -2.30. The highest BCUT2D eigenvalue weighted by atomic mass is 19.1. The first kappa shape index (κ1) is 27.9. The van der Waals surface area contributed by atoms with Crippen LogP contribution in [0.1, 0.15) is 55.3 Å². The summed E-state index contributed by atoms with van der Waals surface area (Å²) in [5, 5.41) is 6.29. The van der Waals surface area contributed by atoms with Gasteiger partial charge in [0.25, 0.3) is 0 Å². The molecule has 2 fully saturated rings. The number of nitrogens with one attached hydrogen (secondary N) is 5. The van der Waals surface area contributed by atoms with Crippen molar-refractivity contribution in [1.29, 1.82) is 0 Å². The van der Waals surface area contributed by atoms with Gasteiger partial charge in [-0.05, 0) is 28.7 Å². The van der Waals surface area contributed by atoms with Crippen molar-refractivity contribution in [3.8, 4) is 0 Å². The van der Waals surface area contributed by atoms with E-state index in [9.17, 15) is 18.4 Å². The van der Waals surface area contributed by atoms with Crippen molar-refractivity contribution in [3.63, 3.8) is 0 Å². The van der Waals surface area contributed by atoms with Gasteiger partial charge < -0.3 is 25.9 Å². The van der Waals surface area contributed by atoms with Crippen molar-refractivity contribution in [2.24, 2.45) is 0 Å². The van der Waals surface area contributed by atoms with Crippen molar-refractivity contribution in [2.75, 3.05) is 32.7 Å². The standard InChI is InChI=1S/C29H37F2N7O2/c1-18(2)22-9-8-20(14-23(22)31)27(19-6-4-3-5-7-19)33-29(40)25-15-21(30)17-38(25)26(39)16-24-28(35-36-34-24)37-12-10-32-11-13-37/h3-9,14,18,21,25,27,32,34-36H,10-13,15-17H2,1-2H3,(H,33,40)/t21-,25+,27+/m1/s1. The van der Waals surface area contributed by atoms with Crippen LogP contribution in [0.2, 0.25) is 0 Å². The highest BCUT2D eigenvalue weighted by Gasteiger charge is 2.41. The number of rotatable bonds is 8. The molecular weight excluding hydrogens is 516 g/mol. The molecule has 2 saturated heterocycles. The van der Waals surface area contributed by atoms with Crippen molar-refractivity contribution in [1.82, 2.24) is 36.8 Å². The van der Waals surface area contributed by atoms with Crippen LogP contribution in [0, 0.1) is 5.82 Å². The van der Waals surface area contributed by atoms with Gasteiger partial charge in [0.05, 0.1) is 24.7 Å². The third-order valence-electron chi connectivity index (χ3n) is 7.71. The first-order chi connectivity index (χ1) is 19.3. The monoisotopic (exact) mass is 553 g/mol. The maximum Gasteiger partial charge on any atom is 0.243 e. The van der Waals surface area contributed by atoms with Crippen molar-refractivity contribution in [2.45, 2.75) is 50.9 Å². The number of piperazine rings is 1. The molecule has 0 aromatic heterocycles. The van der Waals surface area contributed by atoms with Gasteiger partial charge in [-0.25, -0.2) is 8.78 Å². The lowest BCUT2D eigenvalue weighted by Crippen LogP contribution is -2.47. The normalized spacial score (nSPS) is 21.8. The quantitative estimate of drug-likeness (QED) is 0.342. The first-order valence-corrected chi connectivity index (χ1v) is 13.9. The minimum Gasteiger partial charge on any atom is -0.353 e. The lowest BCUT2D eigenvalue weighted by atomic mass is 9.94. The number of likely N-dealkylation sites (tertiary alicyclic amines) is 1. The Hall–Kier alpha value is -3.70. The summed E-state index contributed by atoms with van der Waals surface area (Å²) in [4.78, 5) is 30.5. The van der Waals surface area contributed by atoms with E-state index in [1.165, 1.54) is 11.0 Å². The Morgan fingerprint density at radius 1 is 1.05 bits per heavy atom. The molecule has 3 atom stereocenters. The van der Waals surface area contributed by atoms with E-state index < -0.39 is 24.2 Å². The van der Waals surface area contributed by atoms with Crippen LogP contribution in [0.4, 0.5) is 8.78 Å². The van der Waals surface area contributed by atoms with Crippen molar-refractivity contribution < 1.29 is 18.4 Å². The Morgan fingerprint density at radius 3 is 2.50 bits per heavy atom. The number of hydrogen-bond donors (Lipinski definition) is 5. The molecule has 2 amide bonds. The molecule has 0 spiro atoms. The lowest BCUT2D eigenvalue weighted by molar-refractivity contribution is -0.138. The van der Waals surface area contributed by atoms with Gasteiger partial charge in [-0.1, -0.05) is 56.3 Å². The van der Waals surface area contributed by atoms with Gasteiger partial charge in [-0.15, -0.1) is 5.53 Å². The minimum absolute atomic E-state index is 0.0141. The fourth-order valence-electron chi connectivity index (χ4n) is 5.58. The molecular formula is C29H37F2N7O2. The molecule has 0 unspecified atom stereocenters. The summed E-state index contributed by atoms with van der Waals surface area (Å²) >= 11 is 0. The summed E-state index contributed by atoms with van der Waals surface area (Å²) in [5.41, 5.74) is 11.5. The molecule has 2 aromatic carbocycles. The van der Waals surface area contributed by atoms with Crippen LogP contribution in [0.25, 0.3) is 0 Å². The maximum atomic E-state index is 15.0. The number of hydrazine groups is 2. The van der Waals surface area contributed by atoms with Gasteiger partial charge in [-0.2, -0.15) is 0 Å². The molecule has 2 aromatic rings. The van der Waals surface area contributed by atoms with Crippen molar-refractivity contribution in [3.05, 3.63) is 82.6 Å². The largest absolute Gasteiger partial charge is 0.353 e. The van der Waals surface area contributed by atoms with Gasteiger partial charge in [0.15, 0.2) is 0 Å². The molecule has 40 heavy (non-hydrogen) atoms. The Kier molecular flexibility index (Phi) is 8.51. The summed E-state index contributed by atoms with van der Waals surface area (Å²) in [7, 11) is 0. The number of carbonyl (C=O) groups excluding carboxylic acids is 2. The van der Waals surface area contributed by atoms with E-state index in [4.69, 9.17) is 0 Å². The molecule has 5 rings (SSSR count). The predicted molar refractivity (Wildman–Crippen MR) is 147 cm³/mol. The maximum absolute atomic E-state index is 15.0. The molecule has 3 heterocycles. The number of halogens is 2. The van der Waals surface area contributed by atoms with Gasteiger partial charge in [0.2, 0.25) is 11.8 Å². The van der Waals surface area contributed by atoms with Crippen LogP contribution in [0.5, 0.6) is 0 Å². The number of amides is 2. The van der Waals surface area contributed by atoms with Crippen LogP contribution < -0.4 is 27.0 Å². The van der Waals surface area contributed by atoms with Crippen LogP contribution in [-0.2, 0) is 9.59 Å². The predicted octanol–water partition coefficient (Wildman–Crippen LogP) is 2.17. The summed E-state index contributed by atoms with van der Waals surface area (Å²) in [6.45, 7) is 6.91. The Morgan fingerprint density at radius 2 is 1.80 bits per heavy atom. The molecule has 0 aliphatic carbocycles. The molecule has 3 aliphatic heterocycles. The second-order valence-corrected chi connectivity index (χ2v) is 10.8. The average Bonchev–Trinajstić information content (AvgIpc) is 3.58. The van der Waals surface area contributed by atoms with Crippen LogP contribution >= 0.6 is 0 Å². The fourth-order valence-corrected chi connectivity index (χ4v) is 5.58. The van der Waals surface area contributed by atoms with E-state index in [0.29, 0.717) is 16.8 Å². The Bertz CT molecular complexity index is 1250. The summed E-state index contributed by atoms with van der Waals surface area (Å²) < 4.78 is 29.6. The second-order valence-electron chi connectivity index (χ2n) is 10.8. The fraction of sp³-hybridized carbons (Fsp3) is 0.448. The van der Waals surface area contributed by atoms with Crippen LogP contribution in [-0.4, -0.2) is 66.6 Å². The number of benzene rings is 2. The first-order valence-electron chi connectivity index (χ1n) is 13.9. The number of nitrogens with zero attached hydrogens (tertiary/aromatic N) is 2. The zero-order chi connectivity index (χ0) is 28.2. The summed E-state index contributed by atoms with van der Waals surface area (Å²) in [6.07, 6.45) is -1.42. The van der Waals surface area contributed by atoms with E-state index >= 15 is 0 Å². The topological polar surface area (TPSA) is 101 Å². The number of alkyl halides is 1. The molecule has 5 N–H and O–H groups in total. The van der Waals surface area contributed by atoms with Crippen LogP contribution in [0.3, 0.4) is 0 Å². The van der Waals surface area contributed by atoms with Gasteiger partial charge in [-0.3, -0.25) is 15.0 Å². The van der Waals surface area contributed by atoms with E-state index in [1.807, 2.05) is 50.2 Å². The minimum atomic E-state index is -1.31. The Balaban J connectivity index is 1.35. The van der Waals surface area contributed by atoms with E-state index in [0.717, 1.165) is 37.6 Å². The van der Waals surface area contributed by atoms with Gasteiger partial charge >= 0.3 is 0 Å². The average molecular weight is 554 g/mol. The molecule has 0 bridgehead atoms. The molecule has 9 nitrogen and oxygen atoms in total. The van der Waals surface area contributed by atoms with Crippen LogP contribution in [0.15, 0.2) is 60.0 Å². The van der Waals surface area contributed by atoms with Gasteiger partial charge in [0, 0.05) is 32.6 Å². The summed E-state index contributed by atoms with van der Waals surface area (Å²) in [6, 6.07) is 12.6. The van der Waals surface area contributed by atoms with E-state index in [2.05, 4.69) is 31.9 Å². The second kappa shape index (κ2) is 12.2. The summed E-state index contributed by atoms with van der Waals surface area (Å²) in [5.74, 6) is -0.362. The molecule has 0 saturated carbocycles. The number of carbonyl (C=O) groups is 2. The zero-order valence-electron chi connectivity index (χ0n) is 22.8. The molecule has 11 heteroatoms. The molecule has 0 radical (unpaired) electrons. The van der Waals surface area contributed by atoms with E-state index in [-0.39, 0.29) is 37.0 Å². The van der Waals surface area contributed by atoms with Crippen molar-refractivity contribution >= 4 is 11.8 Å². The number of hydrogen-bond acceptors (Lipinski definition) is 7. The third kappa shape index (κ3) is 6.05. The smallest absolute Gasteiger partial charge is 0.243 e. The molecule has 214 valence electrons. The van der Waals surface area contributed by atoms with Gasteiger partial charge in [0.1, 0.15) is 23.9 Å².